The van der Waals surface area contributed by atoms with Gasteiger partial charge in [0.25, 0.3) is 0 Å². The summed E-state index contributed by atoms with van der Waals surface area (Å²) in [6.45, 7) is 0. The molecule has 0 bridgehead atoms. The van der Waals surface area contributed by atoms with Gasteiger partial charge < -0.3 is 4.74 Å². The topological polar surface area (TPSA) is 26.3 Å². The molecular weight excluding hydrogens is 400 g/mol. The number of aldehydes is 1. The van der Waals surface area contributed by atoms with Gasteiger partial charge in [-0.2, -0.15) is 0 Å². The van der Waals surface area contributed by atoms with Crippen molar-refractivity contribution in [2.24, 2.45) is 0 Å². The van der Waals surface area contributed by atoms with E-state index in [-0.39, 0.29) is 0 Å². The third kappa shape index (κ3) is 2.67. The highest BCUT2D eigenvalue weighted by molar-refractivity contribution is 7.26. The van der Waals surface area contributed by atoms with Gasteiger partial charge in [0.05, 0.1) is 4.70 Å². The van der Waals surface area contributed by atoms with Crippen molar-refractivity contribution in [3.8, 4) is 5.75 Å². The van der Waals surface area contributed by atoms with Gasteiger partial charge in [0.1, 0.15) is 5.75 Å². The quantitative estimate of drug-likeness (QED) is 0.289. The van der Waals surface area contributed by atoms with Crippen LogP contribution in [0.4, 0.5) is 0 Å². The van der Waals surface area contributed by atoms with E-state index in [4.69, 9.17) is 4.74 Å². The van der Waals surface area contributed by atoms with Crippen molar-refractivity contribution in [1.82, 2.24) is 0 Å². The van der Waals surface area contributed by atoms with E-state index in [9.17, 15) is 4.79 Å². The van der Waals surface area contributed by atoms with Crippen LogP contribution in [0.3, 0.4) is 0 Å². The van der Waals surface area contributed by atoms with Crippen LogP contribution in [0.15, 0.2) is 97.1 Å². The lowest BCUT2D eigenvalue weighted by Crippen LogP contribution is -2.34. The van der Waals surface area contributed by atoms with E-state index in [0.29, 0.717) is 5.56 Å². The first-order valence-corrected chi connectivity index (χ1v) is 11.0. The van der Waals surface area contributed by atoms with Gasteiger partial charge in [-0.1, -0.05) is 84.9 Å². The SMILES string of the molecule is O=Cc1cc2c(c3sc4ccccc4c13)OC(c1ccccc1)(c1ccccc1)C=C2. The van der Waals surface area contributed by atoms with Gasteiger partial charge in [0.2, 0.25) is 0 Å². The van der Waals surface area contributed by atoms with Crippen LogP contribution in [0, 0.1) is 0 Å². The van der Waals surface area contributed by atoms with Crippen LogP contribution >= 0.6 is 11.3 Å². The van der Waals surface area contributed by atoms with E-state index in [1.807, 2.05) is 54.6 Å². The van der Waals surface area contributed by atoms with Gasteiger partial charge in [-0.05, 0) is 18.2 Å². The summed E-state index contributed by atoms with van der Waals surface area (Å²) in [4.78, 5) is 12.0. The van der Waals surface area contributed by atoms with Gasteiger partial charge >= 0.3 is 0 Å². The predicted molar refractivity (Wildman–Crippen MR) is 128 cm³/mol. The molecule has 0 aliphatic carbocycles. The largest absolute Gasteiger partial charge is 0.472 e. The lowest BCUT2D eigenvalue weighted by atomic mass is 9.83. The smallest absolute Gasteiger partial charge is 0.178 e. The Kier molecular flexibility index (Phi) is 4.05. The molecule has 2 heterocycles. The van der Waals surface area contributed by atoms with Crippen LogP contribution in [0.25, 0.3) is 26.2 Å². The average molecular weight is 419 g/mol. The van der Waals surface area contributed by atoms with Crippen LogP contribution in [0.5, 0.6) is 5.75 Å². The van der Waals surface area contributed by atoms with E-state index in [1.54, 1.807) is 11.3 Å². The van der Waals surface area contributed by atoms with E-state index in [1.165, 1.54) is 0 Å². The molecule has 0 spiro atoms. The molecule has 0 fully saturated rings. The summed E-state index contributed by atoms with van der Waals surface area (Å²) < 4.78 is 9.11. The lowest BCUT2D eigenvalue weighted by molar-refractivity contribution is 0.112. The maximum atomic E-state index is 12.0. The molecule has 0 atom stereocenters. The fourth-order valence-electron chi connectivity index (χ4n) is 4.50. The Bertz CT molecular complexity index is 1420. The van der Waals surface area contributed by atoms with Crippen molar-refractivity contribution < 1.29 is 9.53 Å². The highest BCUT2D eigenvalue weighted by Gasteiger charge is 2.38. The Balaban J connectivity index is 1.67. The summed E-state index contributed by atoms with van der Waals surface area (Å²) in [5, 5.41) is 2.07. The minimum atomic E-state index is -0.735. The first-order chi connectivity index (χ1) is 15.3. The Labute approximate surface area is 184 Å². The molecule has 1 aromatic heterocycles. The molecule has 6 rings (SSSR count). The molecule has 0 unspecified atom stereocenters. The second-order valence-electron chi connectivity index (χ2n) is 7.71. The molecule has 0 saturated carbocycles. The zero-order valence-electron chi connectivity index (χ0n) is 16.6. The molecule has 5 aromatic rings. The number of thiophene rings is 1. The minimum Gasteiger partial charge on any atom is -0.472 e. The van der Waals surface area contributed by atoms with Gasteiger partial charge in [-0.3, -0.25) is 4.79 Å². The molecule has 0 radical (unpaired) electrons. The third-order valence-corrected chi connectivity index (χ3v) is 7.13. The average Bonchev–Trinajstić information content (AvgIpc) is 3.24. The monoisotopic (exact) mass is 418 g/mol. The molecule has 31 heavy (non-hydrogen) atoms. The highest BCUT2D eigenvalue weighted by atomic mass is 32.1. The second kappa shape index (κ2) is 6.93. The van der Waals surface area contributed by atoms with Gasteiger partial charge in [0.15, 0.2) is 11.9 Å². The first kappa shape index (κ1) is 18.1. The fraction of sp³-hybridized carbons (Fsp3) is 0.0357. The van der Waals surface area contributed by atoms with Gasteiger partial charge in [-0.25, -0.2) is 0 Å². The highest BCUT2D eigenvalue weighted by Crippen LogP contribution is 2.49. The molecule has 1 aliphatic rings. The van der Waals surface area contributed by atoms with Crippen molar-refractivity contribution in [2.45, 2.75) is 5.60 Å². The molecule has 2 nitrogen and oxygen atoms in total. The zero-order valence-corrected chi connectivity index (χ0v) is 17.4. The van der Waals surface area contributed by atoms with Gasteiger partial charge in [0, 0.05) is 37.7 Å². The van der Waals surface area contributed by atoms with Crippen molar-refractivity contribution in [1.29, 1.82) is 0 Å². The Morgan fingerprint density at radius 3 is 2.13 bits per heavy atom. The van der Waals surface area contributed by atoms with Crippen LogP contribution in [-0.4, -0.2) is 6.29 Å². The number of fused-ring (bicyclic) bond motifs is 5. The van der Waals surface area contributed by atoms with Crippen molar-refractivity contribution in [3.05, 3.63) is 119 Å². The van der Waals surface area contributed by atoms with E-state index >= 15 is 0 Å². The standard InChI is InChI=1S/C28H18O2S/c29-18-20-17-19-15-16-28(21-9-3-1-4-10-21,22-11-5-2-6-12-22)30-26(19)27-25(20)23-13-7-8-14-24(23)31-27/h1-18H. The normalized spacial score (nSPS) is 14.3. The zero-order chi connectivity index (χ0) is 20.8. The number of benzene rings is 4. The third-order valence-electron chi connectivity index (χ3n) is 5.96. The van der Waals surface area contributed by atoms with E-state index < -0.39 is 5.60 Å². The molecule has 148 valence electrons. The van der Waals surface area contributed by atoms with Crippen LogP contribution < -0.4 is 4.74 Å². The summed E-state index contributed by atoms with van der Waals surface area (Å²) in [6.07, 6.45) is 5.15. The maximum Gasteiger partial charge on any atom is 0.178 e. The molecule has 1 aliphatic heterocycles. The summed E-state index contributed by atoms with van der Waals surface area (Å²) in [6, 6.07) is 30.8. The summed E-state index contributed by atoms with van der Waals surface area (Å²) in [5.74, 6) is 0.831. The van der Waals surface area contributed by atoms with Crippen molar-refractivity contribution in [3.63, 3.8) is 0 Å². The molecule has 4 aromatic carbocycles. The van der Waals surface area contributed by atoms with Crippen molar-refractivity contribution in [2.75, 3.05) is 0 Å². The molecule has 0 N–H and O–H groups in total. The summed E-state index contributed by atoms with van der Waals surface area (Å²) in [7, 11) is 0. The van der Waals surface area contributed by atoms with Crippen LogP contribution in [0.2, 0.25) is 0 Å². The molecular formula is C28H18O2S. The van der Waals surface area contributed by atoms with E-state index in [0.717, 1.165) is 48.9 Å². The molecule has 0 saturated heterocycles. The number of hydrogen-bond donors (Lipinski definition) is 0. The van der Waals surface area contributed by atoms with Gasteiger partial charge in [-0.15, -0.1) is 11.3 Å². The van der Waals surface area contributed by atoms with E-state index in [2.05, 4.69) is 48.6 Å². The molecule has 3 heteroatoms. The number of rotatable bonds is 3. The predicted octanol–water partition coefficient (Wildman–Crippen LogP) is 7.22. The number of carbonyl (C=O) groups excluding carboxylic acids is 1. The Morgan fingerprint density at radius 2 is 1.45 bits per heavy atom. The fourth-order valence-corrected chi connectivity index (χ4v) is 5.73. The first-order valence-electron chi connectivity index (χ1n) is 10.2. The number of hydrogen-bond acceptors (Lipinski definition) is 3. The van der Waals surface area contributed by atoms with Crippen molar-refractivity contribution >= 4 is 43.9 Å². The van der Waals surface area contributed by atoms with Crippen LogP contribution in [-0.2, 0) is 5.60 Å². The lowest BCUT2D eigenvalue weighted by Gasteiger charge is -2.36. The Hall–Kier alpha value is -3.69. The minimum absolute atomic E-state index is 0.700. The Morgan fingerprint density at radius 1 is 0.806 bits per heavy atom. The molecule has 0 amide bonds. The number of ether oxygens (including phenoxy) is 1. The number of carbonyl (C=O) groups is 1. The summed E-state index contributed by atoms with van der Waals surface area (Å²) >= 11 is 1.68. The second-order valence-corrected chi connectivity index (χ2v) is 8.76. The van der Waals surface area contributed by atoms with Crippen LogP contribution in [0.1, 0.15) is 27.0 Å². The summed E-state index contributed by atoms with van der Waals surface area (Å²) in [5.41, 5.74) is 3.03. The maximum absolute atomic E-state index is 12.0.